The Morgan fingerprint density at radius 1 is 1.05 bits per heavy atom. The fourth-order valence-electron chi connectivity index (χ4n) is 4.29. The Morgan fingerprint density at radius 2 is 1.71 bits per heavy atom. The van der Waals surface area contributed by atoms with Crippen molar-refractivity contribution in [1.82, 2.24) is 20.5 Å². The van der Waals surface area contributed by atoms with Gasteiger partial charge < -0.3 is 15.0 Å². The van der Waals surface area contributed by atoms with Crippen LogP contribution in [0.3, 0.4) is 0 Å². The molecule has 11 heteroatoms. The van der Waals surface area contributed by atoms with Crippen LogP contribution >= 0.6 is 0 Å². The van der Waals surface area contributed by atoms with E-state index in [0.29, 0.717) is 16.9 Å². The minimum Gasteiger partial charge on any atom is -0.444 e. The minimum atomic E-state index is -1.46. The molecule has 0 bridgehead atoms. The smallest absolute Gasteiger partial charge is 0.409 e. The monoisotopic (exact) mass is 574 g/mol. The Labute approximate surface area is 244 Å². The fourth-order valence-corrected chi connectivity index (χ4v) is 4.29. The zero-order valence-electron chi connectivity index (χ0n) is 24.5. The van der Waals surface area contributed by atoms with Gasteiger partial charge in [0.2, 0.25) is 6.17 Å². The molecule has 0 spiro atoms. The van der Waals surface area contributed by atoms with Crippen molar-refractivity contribution >= 4 is 29.3 Å². The number of aromatic nitrogens is 1. The van der Waals surface area contributed by atoms with E-state index in [1.54, 1.807) is 75.4 Å². The third-order valence-corrected chi connectivity index (χ3v) is 6.55. The highest BCUT2D eigenvalue weighted by molar-refractivity contribution is 6.20. The van der Waals surface area contributed by atoms with Gasteiger partial charge in [-0.3, -0.25) is 24.8 Å². The van der Waals surface area contributed by atoms with Crippen LogP contribution in [0.25, 0.3) is 0 Å². The third kappa shape index (κ3) is 6.98. The zero-order valence-corrected chi connectivity index (χ0v) is 24.5. The van der Waals surface area contributed by atoms with Crippen molar-refractivity contribution in [2.75, 3.05) is 19.0 Å². The van der Waals surface area contributed by atoms with Crippen LogP contribution in [-0.4, -0.2) is 65.5 Å². The normalized spacial score (nSPS) is 15.8. The lowest BCUT2D eigenvalue weighted by Gasteiger charge is -2.27. The van der Waals surface area contributed by atoms with Gasteiger partial charge in [0.05, 0.1) is 35.4 Å². The van der Waals surface area contributed by atoms with Gasteiger partial charge in [-0.1, -0.05) is 30.3 Å². The quantitative estimate of drug-likeness (QED) is 0.411. The molecular weight excluding hydrogens is 539 g/mol. The summed E-state index contributed by atoms with van der Waals surface area (Å²) in [5, 5.41) is 5.46. The number of benzodiazepines with no additional fused rings is 1. The summed E-state index contributed by atoms with van der Waals surface area (Å²) in [4.78, 5) is 52.4. The van der Waals surface area contributed by atoms with Gasteiger partial charge in [-0.15, -0.1) is 0 Å². The van der Waals surface area contributed by atoms with Crippen molar-refractivity contribution in [3.8, 4) is 0 Å². The van der Waals surface area contributed by atoms with E-state index in [-0.39, 0.29) is 35.5 Å². The van der Waals surface area contributed by atoms with Crippen LogP contribution in [0.5, 0.6) is 0 Å². The lowest BCUT2D eigenvalue weighted by molar-refractivity contribution is -0.120. The van der Waals surface area contributed by atoms with E-state index in [1.165, 1.54) is 17.2 Å². The molecule has 2 aromatic carbocycles. The number of hydrogen-bond acceptors (Lipinski definition) is 7. The van der Waals surface area contributed by atoms with Crippen molar-refractivity contribution in [3.05, 3.63) is 95.1 Å². The van der Waals surface area contributed by atoms with Crippen molar-refractivity contribution in [2.24, 2.45) is 4.99 Å². The molecule has 2 heterocycles. The van der Waals surface area contributed by atoms with Gasteiger partial charge in [0.1, 0.15) is 11.4 Å². The molecule has 0 aliphatic carbocycles. The Hall–Kier alpha value is -4.64. The van der Waals surface area contributed by atoms with E-state index < -0.39 is 29.6 Å². The maximum Gasteiger partial charge on any atom is 0.409 e. The molecule has 0 radical (unpaired) electrons. The lowest BCUT2D eigenvalue weighted by Crippen LogP contribution is -2.48. The van der Waals surface area contributed by atoms with E-state index >= 15 is 4.39 Å². The van der Waals surface area contributed by atoms with E-state index in [1.807, 2.05) is 25.9 Å². The second kappa shape index (κ2) is 12.5. The van der Waals surface area contributed by atoms with E-state index in [2.05, 4.69) is 20.6 Å². The second-order valence-electron chi connectivity index (χ2n) is 11.1. The summed E-state index contributed by atoms with van der Waals surface area (Å²) in [7, 11) is 3.68. The van der Waals surface area contributed by atoms with Crippen molar-refractivity contribution in [3.63, 3.8) is 0 Å². The van der Waals surface area contributed by atoms with Gasteiger partial charge in [-0.05, 0) is 72.1 Å². The van der Waals surface area contributed by atoms with Crippen LogP contribution in [0.1, 0.15) is 54.9 Å². The molecule has 10 nitrogen and oxygen atoms in total. The number of carbonyl (C=O) groups is 3. The molecule has 3 amide bonds. The summed E-state index contributed by atoms with van der Waals surface area (Å²) in [6, 6.07) is 16.3. The summed E-state index contributed by atoms with van der Waals surface area (Å²) >= 11 is 0. The number of nitrogens with one attached hydrogen (secondary N) is 2. The van der Waals surface area contributed by atoms with Crippen molar-refractivity contribution in [1.29, 1.82) is 0 Å². The van der Waals surface area contributed by atoms with Gasteiger partial charge in [0.25, 0.3) is 11.8 Å². The highest BCUT2D eigenvalue weighted by atomic mass is 19.1. The van der Waals surface area contributed by atoms with Crippen molar-refractivity contribution in [2.45, 2.75) is 52.2 Å². The molecule has 0 fully saturated rings. The number of hydrogen-bond donors (Lipinski definition) is 2. The number of carbonyl (C=O) groups excluding carboxylic acids is 3. The number of halogens is 1. The first-order valence-electron chi connectivity index (χ1n) is 13.5. The number of pyridine rings is 1. The number of fused-ring (bicyclic) bond motifs is 1. The number of para-hydroxylation sites is 1. The average Bonchev–Trinajstić information content (AvgIpc) is 3.03. The van der Waals surface area contributed by atoms with Crippen LogP contribution in [0, 0.1) is 5.82 Å². The molecule has 2 unspecified atom stereocenters. The Bertz CT molecular complexity index is 1520. The number of alkyl carbamates (subject to hydrolysis) is 1. The summed E-state index contributed by atoms with van der Waals surface area (Å²) in [5.41, 5.74) is 0.996. The number of ether oxygens (including phenoxy) is 1. The summed E-state index contributed by atoms with van der Waals surface area (Å²) in [6.07, 6.45) is -1.05. The summed E-state index contributed by atoms with van der Waals surface area (Å²) in [6.45, 7) is 6.81. The summed E-state index contributed by atoms with van der Waals surface area (Å²) < 4.78 is 20.5. The summed E-state index contributed by atoms with van der Waals surface area (Å²) in [5.74, 6) is -1.51. The van der Waals surface area contributed by atoms with Gasteiger partial charge in [-0.2, -0.15) is 0 Å². The molecule has 4 rings (SSSR count). The first-order chi connectivity index (χ1) is 19.9. The highest BCUT2D eigenvalue weighted by Gasteiger charge is 2.35. The minimum absolute atomic E-state index is 0.123. The Balaban J connectivity index is 1.81. The molecule has 42 heavy (non-hydrogen) atoms. The number of amides is 3. The zero-order chi connectivity index (χ0) is 30.6. The predicted molar refractivity (Wildman–Crippen MR) is 158 cm³/mol. The van der Waals surface area contributed by atoms with Crippen molar-refractivity contribution < 1.29 is 23.5 Å². The van der Waals surface area contributed by atoms with Gasteiger partial charge in [-0.25, -0.2) is 14.2 Å². The maximum absolute atomic E-state index is 15.1. The van der Waals surface area contributed by atoms with Crippen LogP contribution < -0.4 is 15.5 Å². The second-order valence-corrected chi connectivity index (χ2v) is 11.1. The number of benzene rings is 2. The van der Waals surface area contributed by atoms with Gasteiger partial charge >= 0.3 is 6.09 Å². The molecule has 1 aromatic heterocycles. The molecule has 1 aliphatic rings. The Kier molecular flexibility index (Phi) is 9.01. The van der Waals surface area contributed by atoms with Crippen LogP contribution in [0.15, 0.2) is 71.9 Å². The maximum atomic E-state index is 15.1. The topological polar surface area (TPSA) is 116 Å². The molecule has 220 valence electrons. The molecule has 0 saturated heterocycles. The van der Waals surface area contributed by atoms with Crippen LogP contribution in [0.4, 0.5) is 14.9 Å². The van der Waals surface area contributed by atoms with E-state index in [9.17, 15) is 14.4 Å². The number of anilines is 1. The molecule has 2 atom stereocenters. The SMILES string of the molecule is CC(NC(=O)c1cccnc1CN1C(=O)C(NC(=O)OC(C)(C)C)N=C(c2ccccc2F)c2ccccc21)N(C)C. The van der Waals surface area contributed by atoms with Crippen LogP contribution in [-0.2, 0) is 16.1 Å². The molecule has 1 aliphatic heterocycles. The number of aliphatic imine (C=N–C) groups is 1. The average molecular weight is 575 g/mol. The van der Waals surface area contributed by atoms with Crippen LogP contribution in [0.2, 0.25) is 0 Å². The Morgan fingerprint density at radius 3 is 2.38 bits per heavy atom. The molecule has 3 aromatic rings. The largest absolute Gasteiger partial charge is 0.444 e. The number of rotatable bonds is 7. The van der Waals surface area contributed by atoms with E-state index in [4.69, 9.17) is 4.74 Å². The van der Waals surface area contributed by atoms with Gasteiger partial charge in [0, 0.05) is 17.3 Å². The molecule has 0 saturated carbocycles. The van der Waals surface area contributed by atoms with Gasteiger partial charge in [0.15, 0.2) is 0 Å². The first-order valence-corrected chi connectivity index (χ1v) is 13.5. The van der Waals surface area contributed by atoms with E-state index in [0.717, 1.165) is 0 Å². The highest BCUT2D eigenvalue weighted by Crippen LogP contribution is 2.30. The number of nitrogens with zero attached hydrogens (tertiary/aromatic N) is 4. The standard InChI is InChI=1S/C31H35FN6O4/c1-19(37(5)6)34-28(39)21-14-11-17-33-24(21)18-38-25-16-10-8-13-22(25)26(20-12-7-9-15-23(20)32)35-27(29(38)40)36-30(41)42-31(2,3)4/h7-17,19,27H,18H2,1-6H3,(H,34,39)(H,36,41). The first kappa shape index (κ1) is 30.3. The molecule has 2 N–H and O–H groups in total. The third-order valence-electron chi connectivity index (χ3n) is 6.55. The fraction of sp³-hybridized carbons (Fsp3) is 0.323. The molecular formula is C31H35FN6O4. The predicted octanol–water partition coefficient (Wildman–Crippen LogP) is 4.09. The lowest BCUT2D eigenvalue weighted by atomic mass is 9.99.